The van der Waals surface area contributed by atoms with Crippen LogP contribution in [-0.2, 0) is 4.79 Å². The van der Waals surface area contributed by atoms with Crippen LogP contribution in [0.5, 0.6) is 0 Å². The largest absolute Gasteiger partial charge is 0.291 e. The van der Waals surface area contributed by atoms with Gasteiger partial charge >= 0.3 is 0 Å². The lowest BCUT2D eigenvalue weighted by Gasteiger charge is -1.97. The third-order valence-corrected chi connectivity index (χ3v) is 5.68. The van der Waals surface area contributed by atoms with Gasteiger partial charge in [0.1, 0.15) is 6.54 Å². The molecule has 3 heteroatoms. The molecule has 0 fully saturated rings. The van der Waals surface area contributed by atoms with E-state index < -0.39 is 0 Å². The minimum atomic E-state index is -0.171. The summed E-state index contributed by atoms with van der Waals surface area (Å²) in [5, 5.41) is 4.48. The first-order valence-electron chi connectivity index (χ1n) is 4.77. The molecule has 1 heterocycles. The standard InChI is InChI=1S/C3H3NO.3C2H5.Al/c5-3-1-4-2-3;3*1-2;/h1H,2H2;3*1H2,2H3;. The van der Waals surface area contributed by atoms with Crippen LogP contribution in [-0.4, -0.2) is 32.7 Å². The Bertz CT molecular complexity index is 147. The number of Topliss-reactive ketones (excluding diaryl/α,β-unsaturated/α-hetero) is 1. The Kier molecular flexibility index (Phi) is 7.44. The summed E-state index contributed by atoms with van der Waals surface area (Å²) >= 11 is -0.171. The minimum absolute atomic E-state index is 0.144. The molecule has 0 unspecified atom stereocenters. The van der Waals surface area contributed by atoms with E-state index in [2.05, 4.69) is 25.8 Å². The van der Waals surface area contributed by atoms with E-state index in [9.17, 15) is 4.79 Å². The summed E-state index contributed by atoms with van der Waals surface area (Å²) < 4.78 is 0. The molecule has 0 atom stereocenters. The summed E-state index contributed by atoms with van der Waals surface area (Å²) in [6.07, 6.45) is 1.33. The summed E-state index contributed by atoms with van der Waals surface area (Å²) in [6, 6.07) is 0. The molecule has 1 aliphatic rings. The molecular formula is C9H18AlNO. The van der Waals surface area contributed by atoms with Crippen LogP contribution in [0.4, 0.5) is 0 Å². The van der Waals surface area contributed by atoms with Crippen molar-refractivity contribution < 1.29 is 4.79 Å². The van der Waals surface area contributed by atoms with E-state index in [4.69, 9.17) is 0 Å². The first-order chi connectivity index (χ1) is 5.74. The van der Waals surface area contributed by atoms with Crippen molar-refractivity contribution in [1.29, 1.82) is 0 Å². The predicted molar refractivity (Wildman–Crippen MR) is 55.6 cm³/mol. The van der Waals surface area contributed by atoms with Gasteiger partial charge in [-0.3, -0.25) is 9.79 Å². The zero-order valence-corrected chi connectivity index (χ0v) is 9.49. The smallest absolute Gasteiger partial charge is 0.261 e. The van der Waals surface area contributed by atoms with Crippen LogP contribution in [0.3, 0.4) is 0 Å². The van der Waals surface area contributed by atoms with E-state index in [-0.39, 0.29) is 19.9 Å². The Morgan fingerprint density at radius 1 is 1.33 bits per heavy atom. The third-order valence-electron chi connectivity index (χ3n) is 2.21. The van der Waals surface area contributed by atoms with Crippen LogP contribution in [0.2, 0.25) is 15.8 Å². The van der Waals surface area contributed by atoms with Crippen molar-refractivity contribution >= 4 is 26.1 Å². The fourth-order valence-corrected chi connectivity index (χ4v) is 2.76. The van der Waals surface area contributed by atoms with Crippen LogP contribution in [0.25, 0.3) is 0 Å². The van der Waals surface area contributed by atoms with Crippen molar-refractivity contribution in [2.24, 2.45) is 4.99 Å². The maximum absolute atomic E-state index is 9.75. The van der Waals surface area contributed by atoms with Gasteiger partial charge in [-0.2, -0.15) is 0 Å². The fourth-order valence-electron chi connectivity index (χ4n) is 1.03. The average Bonchev–Trinajstić information content (AvgIpc) is 2.05. The van der Waals surface area contributed by atoms with Gasteiger partial charge in [0.05, 0.1) is 6.21 Å². The number of rotatable bonds is 3. The van der Waals surface area contributed by atoms with Gasteiger partial charge in [0.25, 0.3) is 14.1 Å². The van der Waals surface area contributed by atoms with Crippen molar-refractivity contribution in [2.45, 2.75) is 36.6 Å². The first kappa shape index (κ1) is 11.9. The zero-order chi connectivity index (χ0) is 9.40. The molecule has 0 amide bonds. The maximum Gasteiger partial charge on any atom is 0.261 e. The molecule has 0 aliphatic carbocycles. The van der Waals surface area contributed by atoms with Crippen molar-refractivity contribution in [1.82, 2.24) is 0 Å². The number of aliphatic imine (C=N–C) groups is 1. The molecule has 0 spiro atoms. The Balaban J connectivity index is 0.000000211. The average molecular weight is 183 g/mol. The van der Waals surface area contributed by atoms with Crippen LogP contribution in [0.15, 0.2) is 4.99 Å². The SMILES string of the molecule is C[CH2][Al]([CH2]C)[CH2]C.O=C1C=NC1. The van der Waals surface area contributed by atoms with Gasteiger partial charge < -0.3 is 0 Å². The Morgan fingerprint density at radius 2 is 1.67 bits per heavy atom. The molecule has 0 bridgehead atoms. The number of carbonyl (C=O) groups is 1. The van der Waals surface area contributed by atoms with Crippen molar-refractivity contribution in [3.05, 3.63) is 0 Å². The topological polar surface area (TPSA) is 29.4 Å². The second kappa shape index (κ2) is 7.52. The van der Waals surface area contributed by atoms with Crippen LogP contribution in [0.1, 0.15) is 20.8 Å². The maximum atomic E-state index is 9.75. The van der Waals surface area contributed by atoms with Gasteiger partial charge in [0.2, 0.25) is 0 Å². The Hall–Kier alpha value is -0.128. The molecule has 0 radical (unpaired) electrons. The first-order valence-corrected chi connectivity index (χ1v) is 7.22. The number of hydrogen-bond acceptors (Lipinski definition) is 2. The lowest BCUT2D eigenvalue weighted by Crippen LogP contribution is -2.13. The van der Waals surface area contributed by atoms with Gasteiger partial charge in [0, 0.05) is 0 Å². The summed E-state index contributed by atoms with van der Waals surface area (Å²) in [5.74, 6) is 0.144. The van der Waals surface area contributed by atoms with Crippen LogP contribution >= 0.6 is 0 Å². The minimum Gasteiger partial charge on any atom is -0.291 e. The second-order valence-corrected chi connectivity index (χ2v) is 7.21. The molecule has 12 heavy (non-hydrogen) atoms. The molecule has 0 aromatic carbocycles. The Labute approximate surface area is 79.5 Å². The molecule has 1 aliphatic heterocycles. The lowest BCUT2D eigenvalue weighted by molar-refractivity contribution is -0.112. The number of hydrogen-bond donors (Lipinski definition) is 0. The Morgan fingerprint density at radius 3 is 1.67 bits per heavy atom. The summed E-state index contributed by atoms with van der Waals surface area (Å²) in [5.41, 5.74) is 0. The molecule has 0 N–H and O–H groups in total. The van der Waals surface area contributed by atoms with E-state index in [1.54, 1.807) is 0 Å². The highest BCUT2D eigenvalue weighted by Gasteiger charge is 2.05. The zero-order valence-electron chi connectivity index (χ0n) is 8.34. The molecule has 0 saturated carbocycles. The van der Waals surface area contributed by atoms with Crippen molar-refractivity contribution in [3.8, 4) is 0 Å². The summed E-state index contributed by atoms with van der Waals surface area (Å²) in [7, 11) is 0. The molecular weight excluding hydrogens is 165 g/mol. The van der Waals surface area contributed by atoms with E-state index in [1.807, 2.05) is 0 Å². The predicted octanol–water partition coefficient (Wildman–Crippen LogP) is 2.18. The molecule has 0 aromatic rings. The highest BCUT2D eigenvalue weighted by Crippen LogP contribution is 2.01. The van der Waals surface area contributed by atoms with E-state index in [1.165, 1.54) is 22.1 Å². The van der Waals surface area contributed by atoms with E-state index in [0.717, 1.165) is 0 Å². The van der Waals surface area contributed by atoms with Crippen molar-refractivity contribution in [2.75, 3.05) is 6.54 Å². The van der Waals surface area contributed by atoms with Gasteiger partial charge in [-0.05, 0) is 0 Å². The monoisotopic (exact) mass is 183 g/mol. The third kappa shape index (κ3) is 5.51. The molecule has 0 saturated heterocycles. The fraction of sp³-hybridized carbons (Fsp3) is 0.778. The molecule has 68 valence electrons. The number of nitrogens with zero attached hydrogens (tertiary/aromatic N) is 1. The van der Waals surface area contributed by atoms with Gasteiger partial charge in [-0.15, -0.1) is 0 Å². The normalized spacial score (nSPS) is 13.1. The number of ketones is 1. The summed E-state index contributed by atoms with van der Waals surface area (Å²) in [4.78, 5) is 13.3. The van der Waals surface area contributed by atoms with Crippen molar-refractivity contribution in [3.63, 3.8) is 0 Å². The van der Waals surface area contributed by atoms with Gasteiger partial charge in [-0.1, -0.05) is 36.6 Å². The van der Waals surface area contributed by atoms with E-state index in [0.29, 0.717) is 6.54 Å². The lowest BCUT2D eigenvalue weighted by atomic mass is 10.3. The highest BCUT2D eigenvalue weighted by molar-refractivity contribution is 6.58. The van der Waals surface area contributed by atoms with Gasteiger partial charge in [-0.25, -0.2) is 0 Å². The molecule has 2 nitrogen and oxygen atoms in total. The van der Waals surface area contributed by atoms with Crippen LogP contribution < -0.4 is 0 Å². The van der Waals surface area contributed by atoms with Gasteiger partial charge in [0.15, 0.2) is 5.78 Å². The quantitative estimate of drug-likeness (QED) is 0.616. The number of carbonyl (C=O) groups excluding carboxylic acids is 1. The molecule has 0 aromatic heterocycles. The molecule has 1 rings (SSSR count). The van der Waals surface area contributed by atoms with Crippen LogP contribution in [0, 0.1) is 0 Å². The highest BCUT2D eigenvalue weighted by atomic mass is 27.2. The van der Waals surface area contributed by atoms with E-state index >= 15 is 0 Å². The second-order valence-electron chi connectivity index (χ2n) is 3.03. The summed E-state index contributed by atoms with van der Waals surface area (Å²) in [6.45, 7) is 7.39.